The normalized spacial score (nSPS) is 11.7. The van der Waals surface area contributed by atoms with Crippen molar-refractivity contribution in [3.05, 3.63) is 48.7 Å². The lowest BCUT2D eigenvalue weighted by Crippen LogP contribution is -2.41. The van der Waals surface area contributed by atoms with Crippen molar-refractivity contribution in [2.75, 3.05) is 25.9 Å². The predicted molar refractivity (Wildman–Crippen MR) is 91.6 cm³/mol. The summed E-state index contributed by atoms with van der Waals surface area (Å²) in [5.74, 6) is -0.339. The molecule has 0 aliphatic heterocycles. The first-order chi connectivity index (χ1) is 10.9. The van der Waals surface area contributed by atoms with Crippen LogP contribution in [0.3, 0.4) is 0 Å². The molecule has 0 atom stereocenters. The van der Waals surface area contributed by atoms with E-state index >= 15 is 0 Å². The average molecular weight is 335 g/mol. The van der Waals surface area contributed by atoms with Gasteiger partial charge in [0, 0.05) is 30.2 Å². The van der Waals surface area contributed by atoms with E-state index in [1.165, 1.54) is 4.31 Å². The third kappa shape index (κ3) is 4.67. The zero-order valence-corrected chi connectivity index (χ0v) is 13.9. The number of carbonyl (C=O) groups excluding carboxylic acids is 1. The van der Waals surface area contributed by atoms with Crippen molar-refractivity contribution in [3.63, 3.8) is 0 Å². The maximum absolute atomic E-state index is 11.9. The molecule has 1 amide bonds. The highest BCUT2D eigenvalue weighted by Crippen LogP contribution is 2.18. The van der Waals surface area contributed by atoms with E-state index in [1.807, 2.05) is 30.5 Å². The second-order valence-corrected chi connectivity index (χ2v) is 7.28. The molecule has 2 N–H and O–H groups in total. The van der Waals surface area contributed by atoms with Crippen molar-refractivity contribution in [1.29, 1.82) is 0 Å². The van der Waals surface area contributed by atoms with Crippen LogP contribution in [0, 0.1) is 0 Å². The van der Waals surface area contributed by atoms with E-state index in [1.54, 1.807) is 6.08 Å². The van der Waals surface area contributed by atoms with E-state index in [4.69, 9.17) is 0 Å². The molecule has 1 heterocycles. The zero-order chi connectivity index (χ0) is 16.9. The van der Waals surface area contributed by atoms with Crippen molar-refractivity contribution in [2.24, 2.45) is 0 Å². The van der Waals surface area contributed by atoms with Gasteiger partial charge in [0.05, 0.1) is 12.8 Å². The van der Waals surface area contributed by atoms with Crippen molar-refractivity contribution in [2.45, 2.75) is 6.42 Å². The number of benzene rings is 1. The monoisotopic (exact) mass is 335 g/mol. The van der Waals surface area contributed by atoms with Crippen molar-refractivity contribution >= 4 is 26.8 Å². The van der Waals surface area contributed by atoms with Gasteiger partial charge in [-0.25, -0.2) is 8.42 Å². The van der Waals surface area contributed by atoms with E-state index in [2.05, 4.69) is 16.9 Å². The Bertz CT molecular complexity index is 796. The van der Waals surface area contributed by atoms with Crippen molar-refractivity contribution in [1.82, 2.24) is 14.6 Å². The van der Waals surface area contributed by atoms with Crippen LogP contribution >= 0.6 is 0 Å². The molecule has 0 saturated carbocycles. The Morgan fingerprint density at radius 2 is 2.13 bits per heavy atom. The van der Waals surface area contributed by atoms with Crippen molar-refractivity contribution in [3.8, 4) is 0 Å². The Labute approximate surface area is 136 Å². The molecule has 23 heavy (non-hydrogen) atoms. The van der Waals surface area contributed by atoms with Gasteiger partial charge in [-0.15, -0.1) is 6.58 Å². The number of nitrogens with one attached hydrogen (secondary N) is 2. The minimum absolute atomic E-state index is 0.185. The number of nitrogens with zero attached hydrogens (tertiary/aromatic N) is 1. The van der Waals surface area contributed by atoms with Crippen LogP contribution in [0.2, 0.25) is 0 Å². The molecule has 0 unspecified atom stereocenters. The summed E-state index contributed by atoms with van der Waals surface area (Å²) < 4.78 is 25.0. The summed E-state index contributed by atoms with van der Waals surface area (Å²) in [5.41, 5.74) is 2.04. The fourth-order valence-corrected chi connectivity index (χ4v) is 3.12. The van der Waals surface area contributed by atoms with Gasteiger partial charge in [0.25, 0.3) is 0 Å². The Morgan fingerprint density at radius 1 is 1.39 bits per heavy atom. The van der Waals surface area contributed by atoms with E-state index < -0.39 is 10.0 Å². The van der Waals surface area contributed by atoms with Crippen molar-refractivity contribution < 1.29 is 13.2 Å². The number of carbonyl (C=O) groups is 1. The second-order valence-electron chi connectivity index (χ2n) is 5.30. The molecule has 6 nitrogen and oxygen atoms in total. The van der Waals surface area contributed by atoms with Gasteiger partial charge in [0.2, 0.25) is 15.9 Å². The molecule has 0 aliphatic carbocycles. The van der Waals surface area contributed by atoms with Gasteiger partial charge in [-0.1, -0.05) is 24.3 Å². The van der Waals surface area contributed by atoms with Crippen LogP contribution in [0.15, 0.2) is 43.1 Å². The number of rotatable bonds is 8. The largest absolute Gasteiger partial charge is 0.361 e. The Kier molecular flexibility index (Phi) is 5.57. The highest BCUT2D eigenvalue weighted by molar-refractivity contribution is 7.88. The Morgan fingerprint density at radius 3 is 2.83 bits per heavy atom. The Balaban J connectivity index is 2.06. The van der Waals surface area contributed by atoms with Crippen LogP contribution in [-0.2, 0) is 21.2 Å². The number of aromatic amines is 1. The van der Waals surface area contributed by atoms with Gasteiger partial charge in [-0.3, -0.25) is 4.79 Å². The van der Waals surface area contributed by atoms with Crippen LogP contribution in [0.4, 0.5) is 0 Å². The average Bonchev–Trinajstić information content (AvgIpc) is 2.91. The maximum atomic E-state index is 11.9. The third-order valence-corrected chi connectivity index (χ3v) is 4.79. The summed E-state index contributed by atoms with van der Waals surface area (Å²) in [6.45, 7) is 3.89. The molecule has 1 aromatic heterocycles. The lowest BCUT2D eigenvalue weighted by Gasteiger charge is -2.19. The van der Waals surface area contributed by atoms with Gasteiger partial charge in [0.1, 0.15) is 0 Å². The summed E-state index contributed by atoms with van der Waals surface area (Å²) >= 11 is 0. The lowest BCUT2D eigenvalue weighted by molar-refractivity contribution is -0.121. The number of sulfonamides is 1. The van der Waals surface area contributed by atoms with Crippen LogP contribution < -0.4 is 5.32 Å². The molecule has 1 aromatic carbocycles. The maximum Gasteiger partial charge on any atom is 0.235 e. The van der Waals surface area contributed by atoms with Gasteiger partial charge >= 0.3 is 0 Å². The SMILES string of the molecule is C=CCNC(=O)CN(CCc1c[nH]c2ccccc12)S(C)(=O)=O. The number of aromatic nitrogens is 1. The molecular weight excluding hydrogens is 314 g/mol. The number of H-pyrrole nitrogens is 1. The van der Waals surface area contributed by atoms with Crippen LogP contribution in [0.1, 0.15) is 5.56 Å². The highest BCUT2D eigenvalue weighted by Gasteiger charge is 2.20. The molecule has 2 rings (SSSR count). The predicted octanol–water partition coefficient (Wildman–Crippen LogP) is 1.27. The molecule has 0 saturated heterocycles. The van der Waals surface area contributed by atoms with Gasteiger partial charge < -0.3 is 10.3 Å². The minimum atomic E-state index is -3.46. The molecule has 0 spiro atoms. The first-order valence-electron chi connectivity index (χ1n) is 7.29. The quantitative estimate of drug-likeness (QED) is 0.713. The zero-order valence-electron chi connectivity index (χ0n) is 13.1. The topological polar surface area (TPSA) is 82.3 Å². The van der Waals surface area contributed by atoms with E-state index in [9.17, 15) is 13.2 Å². The summed E-state index contributed by atoms with van der Waals surface area (Å²) in [7, 11) is -3.46. The fraction of sp³-hybridized carbons (Fsp3) is 0.312. The highest BCUT2D eigenvalue weighted by atomic mass is 32.2. The van der Waals surface area contributed by atoms with E-state index in [-0.39, 0.29) is 19.0 Å². The van der Waals surface area contributed by atoms with Gasteiger partial charge in [-0.05, 0) is 18.1 Å². The first-order valence-corrected chi connectivity index (χ1v) is 9.14. The number of para-hydroxylation sites is 1. The molecule has 0 radical (unpaired) electrons. The van der Waals surface area contributed by atoms with Gasteiger partial charge in [0.15, 0.2) is 0 Å². The summed E-state index contributed by atoms with van der Waals surface area (Å²) in [6.07, 6.45) is 5.08. The summed E-state index contributed by atoms with van der Waals surface area (Å²) in [6, 6.07) is 7.84. The number of hydrogen-bond acceptors (Lipinski definition) is 3. The van der Waals surface area contributed by atoms with Crippen LogP contribution in [0.5, 0.6) is 0 Å². The summed E-state index contributed by atoms with van der Waals surface area (Å²) in [5, 5.41) is 3.66. The summed E-state index contributed by atoms with van der Waals surface area (Å²) in [4.78, 5) is 14.9. The number of amides is 1. The second kappa shape index (κ2) is 7.43. The molecular formula is C16H21N3O3S. The molecule has 0 bridgehead atoms. The minimum Gasteiger partial charge on any atom is -0.361 e. The standard InChI is InChI=1S/C16H21N3O3S/c1-3-9-17-16(20)12-19(23(2,21)22)10-8-13-11-18-15-7-5-4-6-14(13)15/h3-7,11,18H,1,8-10,12H2,2H3,(H,17,20). The van der Waals surface area contributed by atoms with E-state index in [0.29, 0.717) is 13.0 Å². The third-order valence-electron chi connectivity index (χ3n) is 3.54. The molecule has 124 valence electrons. The molecule has 2 aromatic rings. The molecule has 0 aliphatic rings. The van der Waals surface area contributed by atoms with Gasteiger partial charge in [-0.2, -0.15) is 4.31 Å². The van der Waals surface area contributed by atoms with E-state index in [0.717, 1.165) is 22.7 Å². The Hall–Kier alpha value is -2.12. The number of fused-ring (bicyclic) bond motifs is 1. The smallest absolute Gasteiger partial charge is 0.235 e. The molecule has 0 fully saturated rings. The molecule has 7 heteroatoms. The lowest BCUT2D eigenvalue weighted by atomic mass is 10.1. The van der Waals surface area contributed by atoms with Crippen LogP contribution in [-0.4, -0.2) is 49.5 Å². The first kappa shape index (κ1) is 17.2. The number of hydrogen-bond donors (Lipinski definition) is 2. The van der Waals surface area contributed by atoms with Crippen LogP contribution in [0.25, 0.3) is 10.9 Å². The fourth-order valence-electron chi connectivity index (χ4n) is 2.35.